The second-order valence-corrected chi connectivity index (χ2v) is 6.42. The Bertz CT molecular complexity index is 793. The first-order valence-corrected chi connectivity index (χ1v) is 8.69. The van der Waals surface area contributed by atoms with E-state index in [9.17, 15) is 13.6 Å². The molecule has 0 aliphatic carbocycles. The summed E-state index contributed by atoms with van der Waals surface area (Å²) >= 11 is 6.21. The van der Waals surface area contributed by atoms with Crippen molar-refractivity contribution in [2.24, 2.45) is 0 Å². The van der Waals surface area contributed by atoms with Crippen molar-refractivity contribution < 1.29 is 23.0 Å². The Balaban J connectivity index is 1.56. The van der Waals surface area contributed by atoms with Gasteiger partial charge in [-0.2, -0.15) is 0 Å². The fraction of sp³-hybridized carbons (Fsp3) is 0.316. The Morgan fingerprint density at radius 1 is 1.04 bits per heavy atom. The Hall–Kier alpha value is -2.34. The molecule has 0 radical (unpaired) electrons. The van der Waals surface area contributed by atoms with Gasteiger partial charge in [0.25, 0.3) is 0 Å². The average Bonchev–Trinajstić information content (AvgIpc) is 2.79. The zero-order valence-corrected chi connectivity index (χ0v) is 14.7. The number of ether oxygens (including phenoxy) is 2. The number of halogens is 3. The molecule has 4 nitrogen and oxygen atoms in total. The average molecular weight is 382 g/mol. The summed E-state index contributed by atoms with van der Waals surface area (Å²) in [6.07, 6.45) is 1.22. The van der Waals surface area contributed by atoms with Crippen LogP contribution in [0.15, 0.2) is 30.3 Å². The van der Waals surface area contributed by atoms with Gasteiger partial charge in [0.1, 0.15) is 11.6 Å². The van der Waals surface area contributed by atoms with Crippen LogP contribution in [0.4, 0.5) is 8.78 Å². The molecule has 1 heterocycles. The van der Waals surface area contributed by atoms with Crippen molar-refractivity contribution in [1.29, 1.82) is 0 Å². The summed E-state index contributed by atoms with van der Waals surface area (Å²) in [6, 6.07) is 6.73. The number of fused-ring (bicyclic) bond motifs is 1. The number of amides is 1. The maximum Gasteiger partial charge on any atom is 0.224 e. The van der Waals surface area contributed by atoms with Gasteiger partial charge >= 0.3 is 0 Å². The van der Waals surface area contributed by atoms with E-state index in [-0.39, 0.29) is 18.9 Å². The van der Waals surface area contributed by atoms with Crippen molar-refractivity contribution in [1.82, 2.24) is 5.32 Å². The monoisotopic (exact) mass is 381 g/mol. The predicted octanol–water partition coefficient (Wildman–Crippen LogP) is 3.68. The van der Waals surface area contributed by atoms with Gasteiger partial charge in [0.05, 0.1) is 24.7 Å². The molecule has 26 heavy (non-hydrogen) atoms. The van der Waals surface area contributed by atoms with E-state index in [1.807, 2.05) is 0 Å². The second-order valence-electron chi connectivity index (χ2n) is 6.01. The molecule has 138 valence electrons. The van der Waals surface area contributed by atoms with Gasteiger partial charge in [0.2, 0.25) is 5.91 Å². The molecule has 2 aromatic carbocycles. The van der Waals surface area contributed by atoms with Crippen LogP contribution in [0.3, 0.4) is 0 Å². The van der Waals surface area contributed by atoms with Gasteiger partial charge in [0.15, 0.2) is 11.5 Å². The van der Waals surface area contributed by atoms with E-state index in [4.69, 9.17) is 21.1 Å². The minimum Gasteiger partial charge on any atom is -0.489 e. The normalized spacial score (nSPS) is 13.2. The Morgan fingerprint density at radius 3 is 2.54 bits per heavy atom. The van der Waals surface area contributed by atoms with Crippen LogP contribution < -0.4 is 14.8 Å². The van der Waals surface area contributed by atoms with E-state index in [1.54, 1.807) is 12.1 Å². The maximum atomic E-state index is 13.1. The van der Waals surface area contributed by atoms with Gasteiger partial charge in [-0.05, 0) is 41.8 Å². The van der Waals surface area contributed by atoms with Gasteiger partial charge in [-0.3, -0.25) is 4.79 Å². The van der Waals surface area contributed by atoms with Crippen LogP contribution in [0.25, 0.3) is 0 Å². The highest BCUT2D eigenvalue weighted by Crippen LogP contribution is 2.38. The van der Waals surface area contributed by atoms with Gasteiger partial charge < -0.3 is 14.8 Å². The third kappa shape index (κ3) is 4.85. The number of nitrogens with one attached hydrogen (secondary N) is 1. The van der Waals surface area contributed by atoms with Gasteiger partial charge in [-0.25, -0.2) is 8.78 Å². The summed E-state index contributed by atoms with van der Waals surface area (Å²) < 4.78 is 37.4. The number of carbonyl (C=O) groups excluding carboxylic acids is 1. The standard InChI is InChI=1S/C19H18ClF2NO3/c20-16-8-13(9-17-19(16)26-5-1-4-25-17)10-18(24)23-3-2-12-6-14(21)11-15(22)7-12/h6-9,11H,1-5,10H2,(H,23,24). The summed E-state index contributed by atoms with van der Waals surface area (Å²) in [5, 5.41) is 3.14. The number of benzene rings is 2. The fourth-order valence-electron chi connectivity index (χ4n) is 2.74. The van der Waals surface area contributed by atoms with E-state index in [0.717, 1.165) is 12.5 Å². The molecule has 0 aromatic heterocycles. The van der Waals surface area contributed by atoms with Crippen LogP contribution in [-0.4, -0.2) is 25.7 Å². The van der Waals surface area contributed by atoms with Gasteiger partial charge in [0, 0.05) is 19.0 Å². The molecule has 0 fully saturated rings. The lowest BCUT2D eigenvalue weighted by atomic mass is 10.1. The van der Waals surface area contributed by atoms with Crippen molar-refractivity contribution in [2.75, 3.05) is 19.8 Å². The van der Waals surface area contributed by atoms with Crippen LogP contribution >= 0.6 is 11.6 Å². The fourth-order valence-corrected chi connectivity index (χ4v) is 3.02. The first kappa shape index (κ1) is 18.5. The number of carbonyl (C=O) groups is 1. The Kier molecular flexibility index (Phi) is 5.93. The van der Waals surface area contributed by atoms with Gasteiger partial charge in [-0.15, -0.1) is 0 Å². The van der Waals surface area contributed by atoms with Crippen molar-refractivity contribution >= 4 is 17.5 Å². The summed E-state index contributed by atoms with van der Waals surface area (Å²) in [4.78, 5) is 12.1. The van der Waals surface area contributed by atoms with E-state index < -0.39 is 11.6 Å². The predicted molar refractivity (Wildman–Crippen MR) is 93.8 cm³/mol. The maximum absolute atomic E-state index is 13.1. The summed E-state index contributed by atoms with van der Waals surface area (Å²) in [7, 11) is 0. The van der Waals surface area contributed by atoms with E-state index in [1.165, 1.54) is 12.1 Å². The smallest absolute Gasteiger partial charge is 0.224 e. The lowest BCUT2D eigenvalue weighted by Gasteiger charge is -2.12. The van der Waals surface area contributed by atoms with Crippen molar-refractivity contribution in [3.05, 3.63) is 58.1 Å². The van der Waals surface area contributed by atoms with Crippen LogP contribution in [0.2, 0.25) is 5.02 Å². The van der Waals surface area contributed by atoms with Gasteiger partial charge in [-0.1, -0.05) is 11.6 Å². The molecule has 7 heteroatoms. The molecule has 2 aromatic rings. The molecule has 0 bridgehead atoms. The van der Waals surface area contributed by atoms with Crippen LogP contribution in [0, 0.1) is 11.6 Å². The number of hydrogen-bond acceptors (Lipinski definition) is 3. The van der Waals surface area contributed by atoms with Crippen molar-refractivity contribution in [3.63, 3.8) is 0 Å². The molecule has 1 N–H and O–H groups in total. The highest BCUT2D eigenvalue weighted by Gasteiger charge is 2.16. The first-order chi connectivity index (χ1) is 12.5. The topological polar surface area (TPSA) is 47.6 Å². The van der Waals surface area contributed by atoms with Crippen molar-refractivity contribution in [2.45, 2.75) is 19.3 Å². The molecular formula is C19H18ClF2NO3. The number of hydrogen-bond donors (Lipinski definition) is 1. The molecule has 0 saturated carbocycles. The highest BCUT2D eigenvalue weighted by atomic mass is 35.5. The second kappa shape index (κ2) is 8.36. The third-order valence-electron chi connectivity index (χ3n) is 3.88. The summed E-state index contributed by atoms with van der Waals surface area (Å²) in [5.74, 6) is -0.441. The minimum absolute atomic E-state index is 0.119. The van der Waals surface area contributed by atoms with E-state index in [2.05, 4.69) is 5.32 Å². The van der Waals surface area contributed by atoms with E-state index >= 15 is 0 Å². The summed E-state index contributed by atoms with van der Waals surface area (Å²) in [6.45, 7) is 1.34. The zero-order valence-electron chi connectivity index (χ0n) is 14.0. The molecular weight excluding hydrogens is 364 g/mol. The molecule has 1 aliphatic rings. The highest BCUT2D eigenvalue weighted by molar-refractivity contribution is 6.32. The third-order valence-corrected chi connectivity index (χ3v) is 4.17. The minimum atomic E-state index is -0.631. The quantitative estimate of drug-likeness (QED) is 0.859. The van der Waals surface area contributed by atoms with Crippen LogP contribution in [0.5, 0.6) is 11.5 Å². The van der Waals surface area contributed by atoms with Crippen molar-refractivity contribution in [3.8, 4) is 11.5 Å². The Labute approximate surface area is 155 Å². The lowest BCUT2D eigenvalue weighted by Crippen LogP contribution is -2.27. The molecule has 0 spiro atoms. The molecule has 1 amide bonds. The Morgan fingerprint density at radius 2 is 1.77 bits per heavy atom. The van der Waals surface area contributed by atoms with Crippen LogP contribution in [-0.2, 0) is 17.6 Å². The number of rotatable bonds is 5. The largest absolute Gasteiger partial charge is 0.489 e. The molecule has 3 rings (SSSR count). The van der Waals surface area contributed by atoms with Crippen LogP contribution in [0.1, 0.15) is 17.5 Å². The molecule has 0 atom stereocenters. The van der Waals surface area contributed by atoms with E-state index in [0.29, 0.717) is 47.3 Å². The molecule has 0 saturated heterocycles. The molecule has 0 unspecified atom stereocenters. The molecule has 1 aliphatic heterocycles. The lowest BCUT2D eigenvalue weighted by molar-refractivity contribution is -0.120. The first-order valence-electron chi connectivity index (χ1n) is 8.31. The SMILES string of the molecule is O=C(Cc1cc(Cl)c2c(c1)OCCCO2)NCCc1cc(F)cc(F)c1. The zero-order chi connectivity index (χ0) is 18.5. The summed E-state index contributed by atoms with van der Waals surface area (Å²) in [5.41, 5.74) is 1.19.